The summed E-state index contributed by atoms with van der Waals surface area (Å²) in [6.07, 6.45) is -0.0993. The van der Waals surface area contributed by atoms with Crippen molar-refractivity contribution >= 4 is 15.7 Å². The van der Waals surface area contributed by atoms with E-state index in [9.17, 15) is 13.2 Å². The van der Waals surface area contributed by atoms with Crippen molar-refractivity contribution < 1.29 is 17.9 Å². The van der Waals surface area contributed by atoms with Gasteiger partial charge in [-0.05, 0) is 37.3 Å². The van der Waals surface area contributed by atoms with E-state index >= 15 is 0 Å². The summed E-state index contributed by atoms with van der Waals surface area (Å²) in [5.41, 5.74) is 1.80. The molecule has 3 aromatic rings. The Labute approximate surface area is 171 Å². The van der Waals surface area contributed by atoms with Gasteiger partial charge in [0.1, 0.15) is 11.5 Å². The fourth-order valence-corrected chi connectivity index (χ4v) is 3.98. The van der Waals surface area contributed by atoms with Crippen LogP contribution in [0, 0.1) is 6.92 Å². The van der Waals surface area contributed by atoms with Crippen LogP contribution in [0.1, 0.15) is 17.5 Å². The van der Waals surface area contributed by atoms with Gasteiger partial charge in [-0.15, -0.1) is 0 Å². The van der Waals surface area contributed by atoms with E-state index in [0.29, 0.717) is 11.5 Å². The minimum atomic E-state index is -3.49. The number of hydrogen-bond donors (Lipinski definition) is 1. The van der Waals surface area contributed by atoms with Gasteiger partial charge in [0.05, 0.1) is 10.6 Å². The van der Waals surface area contributed by atoms with Crippen LogP contribution in [0.25, 0.3) is 0 Å². The van der Waals surface area contributed by atoms with Gasteiger partial charge >= 0.3 is 0 Å². The van der Waals surface area contributed by atoms with Gasteiger partial charge < -0.3 is 10.1 Å². The van der Waals surface area contributed by atoms with E-state index in [2.05, 4.69) is 5.32 Å². The smallest absolute Gasteiger partial charge is 0.221 e. The van der Waals surface area contributed by atoms with Crippen LogP contribution in [0.3, 0.4) is 0 Å². The lowest BCUT2D eigenvalue weighted by Gasteiger charge is -2.12. The molecule has 0 bridgehead atoms. The first kappa shape index (κ1) is 20.6. The zero-order valence-electron chi connectivity index (χ0n) is 16.2. The molecule has 6 heteroatoms. The summed E-state index contributed by atoms with van der Waals surface area (Å²) in [5.74, 6) is 0.793. The van der Waals surface area contributed by atoms with E-state index in [1.165, 1.54) is 0 Å². The number of rotatable bonds is 8. The summed E-state index contributed by atoms with van der Waals surface area (Å²) in [6.45, 7) is 2.15. The predicted octanol–water partition coefficient (Wildman–Crippen LogP) is 4.27. The van der Waals surface area contributed by atoms with E-state index in [1.807, 2.05) is 61.5 Å². The summed E-state index contributed by atoms with van der Waals surface area (Å²) < 4.78 is 30.6. The number of para-hydroxylation sites is 2. The fraction of sp³-hybridized carbons (Fsp3) is 0.174. The molecule has 0 saturated heterocycles. The van der Waals surface area contributed by atoms with Crippen LogP contribution in [0.4, 0.5) is 0 Å². The first-order chi connectivity index (χ1) is 13.9. The molecule has 0 fully saturated rings. The molecule has 0 spiro atoms. The maximum absolute atomic E-state index is 12.4. The lowest BCUT2D eigenvalue weighted by Crippen LogP contribution is -2.25. The molecule has 0 aliphatic heterocycles. The maximum Gasteiger partial charge on any atom is 0.221 e. The first-order valence-electron chi connectivity index (χ1n) is 9.31. The van der Waals surface area contributed by atoms with Gasteiger partial charge in [0, 0.05) is 18.5 Å². The Kier molecular flexibility index (Phi) is 6.67. The Morgan fingerprint density at radius 1 is 0.897 bits per heavy atom. The Balaban J connectivity index is 1.56. The highest BCUT2D eigenvalue weighted by atomic mass is 32.2. The molecule has 3 aromatic carbocycles. The molecule has 150 valence electrons. The average Bonchev–Trinajstić information content (AvgIpc) is 2.73. The molecular formula is C23H23NO4S. The van der Waals surface area contributed by atoms with E-state index in [4.69, 9.17) is 4.74 Å². The first-order valence-corrected chi connectivity index (χ1v) is 11.0. The van der Waals surface area contributed by atoms with E-state index < -0.39 is 9.84 Å². The molecule has 0 saturated carbocycles. The number of nitrogens with one attached hydrogen (secondary N) is 1. The van der Waals surface area contributed by atoms with Crippen LogP contribution >= 0.6 is 0 Å². The van der Waals surface area contributed by atoms with Crippen molar-refractivity contribution in [2.45, 2.75) is 24.8 Å². The third kappa shape index (κ3) is 5.93. The third-order valence-electron chi connectivity index (χ3n) is 4.40. The lowest BCUT2D eigenvalue weighted by atomic mass is 10.2. The minimum absolute atomic E-state index is 0.0993. The van der Waals surface area contributed by atoms with Crippen molar-refractivity contribution in [2.24, 2.45) is 0 Å². The number of carbonyl (C=O) groups is 1. The Morgan fingerprint density at radius 3 is 2.28 bits per heavy atom. The van der Waals surface area contributed by atoms with E-state index in [1.54, 1.807) is 24.3 Å². The van der Waals surface area contributed by atoms with Crippen molar-refractivity contribution in [2.75, 3.05) is 5.75 Å². The van der Waals surface area contributed by atoms with Crippen LogP contribution in [-0.2, 0) is 21.2 Å². The molecule has 0 aliphatic carbocycles. The molecule has 3 rings (SSSR count). The van der Waals surface area contributed by atoms with Gasteiger partial charge in [-0.3, -0.25) is 4.79 Å². The van der Waals surface area contributed by atoms with Crippen molar-refractivity contribution in [3.8, 4) is 11.5 Å². The highest BCUT2D eigenvalue weighted by Crippen LogP contribution is 2.24. The van der Waals surface area contributed by atoms with Crippen molar-refractivity contribution in [3.05, 3.63) is 90.0 Å². The fourth-order valence-electron chi connectivity index (χ4n) is 2.74. The molecule has 0 aliphatic rings. The molecular weight excluding hydrogens is 386 g/mol. The number of aryl methyl sites for hydroxylation is 1. The van der Waals surface area contributed by atoms with Gasteiger partial charge in [-0.25, -0.2) is 8.42 Å². The van der Waals surface area contributed by atoms with E-state index in [0.717, 1.165) is 11.1 Å². The molecule has 0 aromatic heterocycles. The van der Waals surface area contributed by atoms with Crippen LogP contribution in [0.2, 0.25) is 0 Å². The zero-order chi connectivity index (χ0) is 20.7. The van der Waals surface area contributed by atoms with Gasteiger partial charge in [-0.2, -0.15) is 0 Å². The second-order valence-corrected chi connectivity index (χ2v) is 8.79. The van der Waals surface area contributed by atoms with Gasteiger partial charge in [0.2, 0.25) is 5.91 Å². The monoisotopic (exact) mass is 409 g/mol. The van der Waals surface area contributed by atoms with Gasteiger partial charge in [-0.1, -0.05) is 54.1 Å². The highest BCUT2D eigenvalue weighted by Gasteiger charge is 2.16. The third-order valence-corrected chi connectivity index (χ3v) is 6.13. The molecule has 1 amide bonds. The standard InChI is InChI=1S/C23H23NO4S/c1-18-11-13-21(14-12-18)29(26,27)16-15-23(25)24-17-19-7-5-6-10-22(19)28-20-8-3-2-4-9-20/h2-14H,15-17H2,1H3,(H,24,25). The van der Waals surface area contributed by atoms with Crippen LogP contribution in [0.5, 0.6) is 11.5 Å². The summed E-state index contributed by atoms with van der Waals surface area (Å²) in [6, 6.07) is 23.4. The minimum Gasteiger partial charge on any atom is -0.457 e. The summed E-state index contributed by atoms with van der Waals surface area (Å²) in [4.78, 5) is 12.4. The topological polar surface area (TPSA) is 72.5 Å². The lowest BCUT2D eigenvalue weighted by molar-refractivity contribution is -0.120. The van der Waals surface area contributed by atoms with Crippen LogP contribution in [-0.4, -0.2) is 20.1 Å². The normalized spacial score (nSPS) is 11.1. The van der Waals surface area contributed by atoms with Gasteiger partial charge in [0.25, 0.3) is 0 Å². The Morgan fingerprint density at radius 2 is 1.55 bits per heavy atom. The Hall–Kier alpha value is -3.12. The molecule has 0 atom stereocenters. The van der Waals surface area contributed by atoms with Crippen LogP contribution < -0.4 is 10.1 Å². The quantitative estimate of drug-likeness (QED) is 0.603. The second-order valence-electron chi connectivity index (χ2n) is 6.68. The second kappa shape index (κ2) is 9.39. The van der Waals surface area contributed by atoms with Crippen molar-refractivity contribution in [1.29, 1.82) is 0 Å². The molecule has 0 unspecified atom stereocenters. The zero-order valence-corrected chi connectivity index (χ0v) is 17.0. The summed E-state index contributed by atoms with van der Waals surface area (Å²) in [5, 5.41) is 2.77. The maximum atomic E-state index is 12.4. The predicted molar refractivity (Wildman–Crippen MR) is 113 cm³/mol. The number of carbonyl (C=O) groups excluding carboxylic acids is 1. The average molecular weight is 410 g/mol. The summed E-state index contributed by atoms with van der Waals surface area (Å²) >= 11 is 0. The molecule has 1 N–H and O–H groups in total. The van der Waals surface area contributed by atoms with Gasteiger partial charge in [0.15, 0.2) is 9.84 Å². The summed E-state index contributed by atoms with van der Waals surface area (Å²) in [7, 11) is -3.49. The number of benzene rings is 3. The molecule has 0 heterocycles. The molecule has 5 nitrogen and oxygen atoms in total. The SMILES string of the molecule is Cc1ccc(S(=O)(=O)CCC(=O)NCc2ccccc2Oc2ccccc2)cc1. The largest absolute Gasteiger partial charge is 0.457 e. The molecule has 29 heavy (non-hydrogen) atoms. The van der Waals surface area contributed by atoms with E-state index in [-0.39, 0.29) is 29.5 Å². The number of sulfone groups is 1. The Bertz CT molecular complexity index is 1060. The van der Waals surface area contributed by atoms with Crippen molar-refractivity contribution in [1.82, 2.24) is 5.32 Å². The van der Waals surface area contributed by atoms with Crippen LogP contribution in [0.15, 0.2) is 83.8 Å². The number of hydrogen-bond acceptors (Lipinski definition) is 4. The highest BCUT2D eigenvalue weighted by molar-refractivity contribution is 7.91. The number of amides is 1. The molecule has 0 radical (unpaired) electrons. The number of ether oxygens (including phenoxy) is 1. The van der Waals surface area contributed by atoms with Crippen molar-refractivity contribution in [3.63, 3.8) is 0 Å².